The van der Waals surface area contributed by atoms with Gasteiger partial charge in [0.25, 0.3) is 11.5 Å². The van der Waals surface area contributed by atoms with Gasteiger partial charge in [0.15, 0.2) is 9.84 Å². The van der Waals surface area contributed by atoms with E-state index in [-0.39, 0.29) is 27.5 Å². The molecule has 33 heavy (non-hydrogen) atoms. The highest BCUT2D eigenvalue weighted by molar-refractivity contribution is 7.91. The molecule has 10 nitrogen and oxygen atoms in total. The Morgan fingerprint density at radius 3 is 2.76 bits per heavy atom. The van der Waals surface area contributed by atoms with Gasteiger partial charge >= 0.3 is 0 Å². The number of methoxy groups -OCH3 is 1. The summed E-state index contributed by atoms with van der Waals surface area (Å²) in [5, 5.41) is 2.90. The molecular formula is C22H23N5O5S. The molecule has 0 spiro atoms. The summed E-state index contributed by atoms with van der Waals surface area (Å²) in [6.07, 6.45) is 4.18. The number of rotatable bonds is 6. The van der Waals surface area contributed by atoms with Crippen LogP contribution in [-0.2, 0) is 16.4 Å². The molecule has 172 valence electrons. The zero-order valence-electron chi connectivity index (χ0n) is 18.2. The Balaban J connectivity index is 1.71. The Kier molecular flexibility index (Phi) is 6.23. The van der Waals surface area contributed by atoms with Gasteiger partial charge in [-0.25, -0.2) is 23.4 Å². The van der Waals surface area contributed by atoms with Gasteiger partial charge in [0, 0.05) is 18.8 Å². The molecule has 0 bridgehead atoms. The lowest BCUT2D eigenvalue weighted by atomic mass is 10.0. The monoisotopic (exact) mass is 469 g/mol. The topological polar surface area (TPSA) is 133 Å². The maximum absolute atomic E-state index is 13.2. The summed E-state index contributed by atoms with van der Waals surface area (Å²) in [7, 11) is -2.10. The van der Waals surface area contributed by atoms with Crippen LogP contribution >= 0.6 is 0 Å². The summed E-state index contributed by atoms with van der Waals surface area (Å²) in [4.78, 5) is 38.6. The zero-order valence-corrected chi connectivity index (χ0v) is 19.0. The molecule has 1 aromatic carbocycles. The highest BCUT2D eigenvalue weighted by Crippen LogP contribution is 2.27. The highest BCUT2D eigenvalue weighted by atomic mass is 32.2. The predicted molar refractivity (Wildman–Crippen MR) is 120 cm³/mol. The molecule has 1 amide bonds. The molecule has 1 aliphatic rings. The standard InChI is InChI=1S/C22H23N5O5S/c1-3-33(30,31)14-6-7-19(32-2)15(11-14)22(29)26-17-5-4-10-27-20(28)12-18(25-21(17)27)16-8-9-23-13-24-16/h6-9,11-13,17H,3-5,10H2,1-2H3,(H,26,29). The van der Waals surface area contributed by atoms with E-state index in [4.69, 9.17) is 4.74 Å². The molecule has 0 saturated carbocycles. The summed E-state index contributed by atoms with van der Waals surface area (Å²) >= 11 is 0. The minimum absolute atomic E-state index is 0.0420. The Labute approximate surface area is 190 Å². The van der Waals surface area contributed by atoms with E-state index in [0.29, 0.717) is 36.6 Å². The van der Waals surface area contributed by atoms with Gasteiger partial charge < -0.3 is 10.1 Å². The second-order valence-corrected chi connectivity index (χ2v) is 9.80. The molecule has 1 atom stereocenters. The van der Waals surface area contributed by atoms with Crippen molar-refractivity contribution >= 4 is 15.7 Å². The van der Waals surface area contributed by atoms with E-state index in [2.05, 4.69) is 20.3 Å². The number of hydrogen-bond donors (Lipinski definition) is 1. The van der Waals surface area contributed by atoms with E-state index in [1.807, 2.05) is 0 Å². The number of nitrogens with zero attached hydrogens (tertiary/aromatic N) is 4. The smallest absolute Gasteiger partial charge is 0.255 e. The Morgan fingerprint density at radius 1 is 1.24 bits per heavy atom. The molecule has 4 rings (SSSR count). The molecule has 1 aliphatic heterocycles. The maximum atomic E-state index is 13.2. The summed E-state index contributed by atoms with van der Waals surface area (Å²) in [6, 6.07) is 6.71. The normalized spacial score (nSPS) is 15.5. The molecule has 1 N–H and O–H groups in total. The molecule has 0 aliphatic carbocycles. The van der Waals surface area contributed by atoms with E-state index < -0.39 is 21.8 Å². The van der Waals surface area contributed by atoms with Crippen molar-refractivity contribution in [1.82, 2.24) is 24.8 Å². The van der Waals surface area contributed by atoms with E-state index >= 15 is 0 Å². The number of aromatic nitrogens is 4. The van der Waals surface area contributed by atoms with Gasteiger partial charge in [-0.05, 0) is 37.1 Å². The first-order valence-electron chi connectivity index (χ1n) is 10.4. The Bertz CT molecular complexity index is 1360. The molecule has 0 radical (unpaired) electrons. The van der Waals surface area contributed by atoms with Crippen LogP contribution in [0.15, 0.2) is 52.5 Å². The number of hydrogen-bond acceptors (Lipinski definition) is 8. The van der Waals surface area contributed by atoms with Crippen molar-refractivity contribution in [3.8, 4) is 17.1 Å². The van der Waals surface area contributed by atoms with Crippen molar-refractivity contribution in [3.05, 3.63) is 64.6 Å². The fraction of sp³-hybridized carbons (Fsp3) is 0.318. The summed E-state index contributed by atoms with van der Waals surface area (Å²) < 4.78 is 31.4. The number of carbonyl (C=O) groups excluding carboxylic acids is 1. The van der Waals surface area contributed by atoms with Crippen LogP contribution in [0.25, 0.3) is 11.4 Å². The number of carbonyl (C=O) groups is 1. The third-order valence-corrected chi connectivity index (χ3v) is 7.26. The fourth-order valence-electron chi connectivity index (χ4n) is 3.77. The average molecular weight is 470 g/mol. The molecule has 11 heteroatoms. The van der Waals surface area contributed by atoms with Crippen molar-refractivity contribution in [2.75, 3.05) is 12.9 Å². The summed E-state index contributed by atoms with van der Waals surface area (Å²) in [5.41, 5.74) is 0.753. The largest absolute Gasteiger partial charge is 0.496 e. The third-order valence-electron chi connectivity index (χ3n) is 5.53. The lowest BCUT2D eigenvalue weighted by Gasteiger charge is -2.27. The average Bonchev–Trinajstić information content (AvgIpc) is 2.84. The van der Waals surface area contributed by atoms with Gasteiger partial charge in [-0.15, -0.1) is 0 Å². The molecule has 2 aromatic heterocycles. The molecule has 3 aromatic rings. The number of sulfone groups is 1. The van der Waals surface area contributed by atoms with Crippen LogP contribution in [0.5, 0.6) is 5.75 Å². The Morgan fingerprint density at radius 2 is 2.06 bits per heavy atom. The lowest BCUT2D eigenvalue weighted by Crippen LogP contribution is -2.38. The SMILES string of the molecule is CCS(=O)(=O)c1ccc(OC)c(C(=O)NC2CCCn3c2nc(-c2ccncn2)cc3=O)c1. The minimum Gasteiger partial charge on any atom is -0.496 e. The van der Waals surface area contributed by atoms with Gasteiger partial charge in [-0.1, -0.05) is 6.92 Å². The van der Waals surface area contributed by atoms with E-state index in [1.165, 1.54) is 49.2 Å². The molecular weight excluding hydrogens is 446 g/mol. The van der Waals surface area contributed by atoms with E-state index in [9.17, 15) is 18.0 Å². The van der Waals surface area contributed by atoms with Gasteiger partial charge in [-0.2, -0.15) is 0 Å². The van der Waals surface area contributed by atoms with E-state index in [0.717, 1.165) is 0 Å². The maximum Gasteiger partial charge on any atom is 0.255 e. The third kappa shape index (κ3) is 4.49. The van der Waals surface area contributed by atoms with Crippen LogP contribution in [0.4, 0.5) is 0 Å². The van der Waals surface area contributed by atoms with Crippen LogP contribution in [0.3, 0.4) is 0 Å². The predicted octanol–water partition coefficient (Wildman–Crippen LogP) is 1.77. The van der Waals surface area contributed by atoms with E-state index in [1.54, 1.807) is 12.3 Å². The second kappa shape index (κ2) is 9.10. The molecule has 1 unspecified atom stereocenters. The van der Waals surface area contributed by atoms with Gasteiger partial charge in [0.2, 0.25) is 0 Å². The first kappa shape index (κ1) is 22.6. The van der Waals surface area contributed by atoms with Crippen LogP contribution in [0.2, 0.25) is 0 Å². The van der Waals surface area contributed by atoms with Crippen LogP contribution in [0.1, 0.15) is 42.0 Å². The van der Waals surface area contributed by atoms with Gasteiger partial charge in [-0.3, -0.25) is 14.2 Å². The number of ether oxygens (including phenoxy) is 1. The highest BCUT2D eigenvalue weighted by Gasteiger charge is 2.27. The number of benzene rings is 1. The number of fused-ring (bicyclic) bond motifs is 1. The zero-order chi connectivity index (χ0) is 23.6. The summed E-state index contributed by atoms with van der Waals surface area (Å²) in [5.74, 6) is 0.0697. The van der Waals surface area contributed by atoms with Crippen molar-refractivity contribution in [2.45, 2.75) is 37.2 Å². The van der Waals surface area contributed by atoms with Crippen LogP contribution in [-0.4, -0.2) is 46.7 Å². The first-order valence-corrected chi connectivity index (χ1v) is 12.1. The van der Waals surface area contributed by atoms with Gasteiger partial charge in [0.1, 0.15) is 17.9 Å². The first-order chi connectivity index (χ1) is 15.8. The van der Waals surface area contributed by atoms with Crippen LogP contribution in [0, 0.1) is 0 Å². The minimum atomic E-state index is -3.51. The van der Waals surface area contributed by atoms with Crippen molar-refractivity contribution in [3.63, 3.8) is 0 Å². The van der Waals surface area contributed by atoms with Crippen molar-refractivity contribution in [1.29, 1.82) is 0 Å². The fourth-order valence-corrected chi connectivity index (χ4v) is 4.67. The number of amides is 1. The second-order valence-electron chi connectivity index (χ2n) is 7.52. The summed E-state index contributed by atoms with van der Waals surface area (Å²) in [6.45, 7) is 2.03. The number of nitrogens with one attached hydrogen (secondary N) is 1. The molecule has 3 heterocycles. The molecule has 0 saturated heterocycles. The van der Waals surface area contributed by atoms with Crippen molar-refractivity contribution < 1.29 is 17.9 Å². The van der Waals surface area contributed by atoms with Crippen molar-refractivity contribution in [2.24, 2.45) is 0 Å². The molecule has 0 fully saturated rings. The Hall–Kier alpha value is -3.60. The lowest BCUT2D eigenvalue weighted by molar-refractivity contribution is 0.0924. The van der Waals surface area contributed by atoms with Gasteiger partial charge in [0.05, 0.1) is 40.8 Å². The quantitative estimate of drug-likeness (QED) is 0.577. The van der Waals surface area contributed by atoms with Crippen LogP contribution < -0.4 is 15.6 Å².